The summed E-state index contributed by atoms with van der Waals surface area (Å²) in [6, 6.07) is 9.90. The van der Waals surface area contributed by atoms with Crippen molar-refractivity contribution in [2.75, 3.05) is 14.2 Å². The molecule has 0 bridgehead atoms. The van der Waals surface area contributed by atoms with Crippen LogP contribution in [-0.2, 0) is 16.0 Å². The quantitative estimate of drug-likeness (QED) is 0.741. The van der Waals surface area contributed by atoms with Gasteiger partial charge in [0.25, 0.3) is 0 Å². The molecule has 0 saturated carbocycles. The summed E-state index contributed by atoms with van der Waals surface area (Å²) in [6.07, 6.45) is 1.63. The molecule has 1 aromatic carbocycles. The van der Waals surface area contributed by atoms with Gasteiger partial charge in [-0.3, -0.25) is 4.79 Å². The Balaban J connectivity index is 2.44. The van der Waals surface area contributed by atoms with Gasteiger partial charge in [0.1, 0.15) is 6.04 Å². The minimum atomic E-state index is -0.213. The number of esters is 1. The molecule has 0 heterocycles. The van der Waals surface area contributed by atoms with E-state index in [2.05, 4.69) is 17.4 Å². The smallest absolute Gasteiger partial charge is 0.322 e. The molecule has 0 amide bonds. The SMILES string of the molecule is CN[C@H](CCc1ccccc1)C(=O)OC. The molecule has 0 spiro atoms. The lowest BCUT2D eigenvalue weighted by Gasteiger charge is -2.13. The predicted molar refractivity (Wildman–Crippen MR) is 59.6 cm³/mol. The van der Waals surface area contributed by atoms with E-state index in [4.69, 9.17) is 4.74 Å². The fraction of sp³-hybridized carbons (Fsp3) is 0.417. The third-order valence-electron chi connectivity index (χ3n) is 2.40. The van der Waals surface area contributed by atoms with Crippen molar-refractivity contribution in [3.8, 4) is 0 Å². The zero-order valence-corrected chi connectivity index (χ0v) is 9.19. The normalized spacial score (nSPS) is 12.1. The minimum absolute atomic E-state index is 0.201. The van der Waals surface area contributed by atoms with E-state index in [1.54, 1.807) is 7.05 Å². The maximum atomic E-state index is 11.3. The number of carbonyl (C=O) groups is 1. The van der Waals surface area contributed by atoms with Crippen LogP contribution < -0.4 is 5.32 Å². The summed E-state index contributed by atoms with van der Waals surface area (Å²) < 4.78 is 4.69. The van der Waals surface area contributed by atoms with E-state index < -0.39 is 0 Å². The summed E-state index contributed by atoms with van der Waals surface area (Å²) in [7, 11) is 3.18. The van der Waals surface area contributed by atoms with Crippen molar-refractivity contribution in [1.82, 2.24) is 5.32 Å². The van der Waals surface area contributed by atoms with E-state index in [9.17, 15) is 4.79 Å². The highest BCUT2D eigenvalue weighted by molar-refractivity contribution is 5.75. The first-order valence-corrected chi connectivity index (χ1v) is 5.07. The zero-order valence-electron chi connectivity index (χ0n) is 9.19. The van der Waals surface area contributed by atoms with Crippen LogP contribution in [0, 0.1) is 0 Å². The number of rotatable bonds is 5. The first-order valence-electron chi connectivity index (χ1n) is 5.07. The van der Waals surface area contributed by atoms with Crippen LogP contribution in [-0.4, -0.2) is 26.2 Å². The number of ether oxygens (including phenoxy) is 1. The van der Waals surface area contributed by atoms with E-state index >= 15 is 0 Å². The molecule has 0 aliphatic carbocycles. The first-order chi connectivity index (χ1) is 7.27. The van der Waals surface area contributed by atoms with Crippen LogP contribution >= 0.6 is 0 Å². The second kappa shape index (κ2) is 6.19. The number of hydrogen-bond acceptors (Lipinski definition) is 3. The number of likely N-dealkylation sites (N-methyl/N-ethyl adjacent to an activating group) is 1. The van der Waals surface area contributed by atoms with Gasteiger partial charge in [0.2, 0.25) is 0 Å². The third kappa shape index (κ3) is 3.72. The molecular formula is C12H17NO2. The van der Waals surface area contributed by atoms with Gasteiger partial charge in [-0.05, 0) is 25.5 Å². The molecule has 1 atom stereocenters. The number of nitrogens with one attached hydrogen (secondary N) is 1. The molecule has 0 aromatic heterocycles. The topological polar surface area (TPSA) is 38.3 Å². The van der Waals surface area contributed by atoms with Crippen LogP contribution in [0.2, 0.25) is 0 Å². The largest absolute Gasteiger partial charge is 0.468 e. The van der Waals surface area contributed by atoms with Gasteiger partial charge < -0.3 is 10.1 Å². The number of hydrogen-bond donors (Lipinski definition) is 1. The van der Waals surface area contributed by atoms with Gasteiger partial charge in [-0.15, -0.1) is 0 Å². The van der Waals surface area contributed by atoms with Gasteiger partial charge in [0, 0.05) is 0 Å². The Labute approximate surface area is 90.4 Å². The van der Waals surface area contributed by atoms with Gasteiger partial charge >= 0.3 is 5.97 Å². The van der Waals surface area contributed by atoms with Gasteiger partial charge in [-0.1, -0.05) is 30.3 Å². The lowest BCUT2D eigenvalue weighted by Crippen LogP contribution is -2.35. The van der Waals surface area contributed by atoms with Crippen LogP contribution in [0.5, 0.6) is 0 Å². The van der Waals surface area contributed by atoms with Gasteiger partial charge in [-0.25, -0.2) is 0 Å². The molecule has 0 radical (unpaired) electrons. The van der Waals surface area contributed by atoms with Crippen molar-refractivity contribution in [2.45, 2.75) is 18.9 Å². The summed E-state index contributed by atoms with van der Waals surface area (Å²) in [5.41, 5.74) is 1.24. The molecule has 1 aromatic rings. The highest BCUT2D eigenvalue weighted by Crippen LogP contribution is 2.05. The number of benzene rings is 1. The van der Waals surface area contributed by atoms with Crippen LogP contribution in [0.1, 0.15) is 12.0 Å². The monoisotopic (exact) mass is 207 g/mol. The lowest BCUT2D eigenvalue weighted by atomic mass is 10.1. The molecule has 15 heavy (non-hydrogen) atoms. The molecule has 1 rings (SSSR count). The summed E-state index contributed by atoms with van der Waals surface area (Å²) >= 11 is 0. The zero-order chi connectivity index (χ0) is 11.1. The average molecular weight is 207 g/mol. The summed E-state index contributed by atoms with van der Waals surface area (Å²) in [5.74, 6) is -0.201. The first kappa shape index (κ1) is 11.7. The van der Waals surface area contributed by atoms with E-state index in [-0.39, 0.29) is 12.0 Å². The van der Waals surface area contributed by atoms with E-state index in [1.165, 1.54) is 12.7 Å². The van der Waals surface area contributed by atoms with Gasteiger partial charge in [0.15, 0.2) is 0 Å². The summed E-state index contributed by atoms with van der Waals surface area (Å²) in [4.78, 5) is 11.3. The highest BCUT2D eigenvalue weighted by atomic mass is 16.5. The standard InChI is InChI=1S/C12H17NO2/c1-13-11(12(14)15-2)9-8-10-6-4-3-5-7-10/h3-7,11,13H,8-9H2,1-2H3/t11-/m1/s1. The molecule has 0 aliphatic rings. The highest BCUT2D eigenvalue weighted by Gasteiger charge is 2.15. The molecule has 1 N–H and O–H groups in total. The second-order valence-corrected chi connectivity index (χ2v) is 3.39. The number of aryl methyl sites for hydroxylation is 1. The Morgan fingerprint density at radius 3 is 2.60 bits per heavy atom. The molecular weight excluding hydrogens is 190 g/mol. The second-order valence-electron chi connectivity index (χ2n) is 3.39. The molecule has 0 unspecified atom stereocenters. The van der Waals surface area contributed by atoms with Crippen molar-refractivity contribution in [1.29, 1.82) is 0 Å². The number of methoxy groups -OCH3 is 1. The average Bonchev–Trinajstić information content (AvgIpc) is 2.31. The van der Waals surface area contributed by atoms with E-state index in [0.29, 0.717) is 0 Å². The molecule has 0 aliphatic heterocycles. The Kier molecular flexibility index (Phi) is 4.84. The van der Waals surface area contributed by atoms with Gasteiger partial charge in [-0.2, -0.15) is 0 Å². The van der Waals surface area contributed by atoms with Crippen LogP contribution in [0.4, 0.5) is 0 Å². The Morgan fingerprint density at radius 2 is 2.07 bits per heavy atom. The third-order valence-corrected chi connectivity index (χ3v) is 2.40. The van der Waals surface area contributed by atoms with Gasteiger partial charge in [0.05, 0.1) is 7.11 Å². The fourth-order valence-corrected chi connectivity index (χ4v) is 1.48. The molecule has 0 saturated heterocycles. The van der Waals surface area contributed by atoms with Crippen LogP contribution in [0.15, 0.2) is 30.3 Å². The lowest BCUT2D eigenvalue weighted by molar-refractivity contribution is -0.143. The molecule has 82 valence electrons. The Bertz CT molecular complexity index is 298. The fourth-order valence-electron chi connectivity index (χ4n) is 1.48. The molecule has 3 heteroatoms. The maximum absolute atomic E-state index is 11.3. The van der Waals surface area contributed by atoms with Crippen molar-refractivity contribution in [2.24, 2.45) is 0 Å². The van der Waals surface area contributed by atoms with Crippen LogP contribution in [0.25, 0.3) is 0 Å². The minimum Gasteiger partial charge on any atom is -0.468 e. The Morgan fingerprint density at radius 1 is 1.40 bits per heavy atom. The molecule has 0 fully saturated rings. The maximum Gasteiger partial charge on any atom is 0.322 e. The molecule has 3 nitrogen and oxygen atoms in total. The predicted octanol–water partition coefficient (Wildman–Crippen LogP) is 1.38. The summed E-state index contributed by atoms with van der Waals surface area (Å²) in [6.45, 7) is 0. The Hall–Kier alpha value is -1.35. The van der Waals surface area contributed by atoms with Crippen molar-refractivity contribution in [3.63, 3.8) is 0 Å². The van der Waals surface area contributed by atoms with Crippen molar-refractivity contribution >= 4 is 5.97 Å². The van der Waals surface area contributed by atoms with E-state index in [1.807, 2.05) is 18.2 Å². The summed E-state index contributed by atoms with van der Waals surface area (Å²) in [5, 5.41) is 2.95. The van der Waals surface area contributed by atoms with E-state index in [0.717, 1.165) is 12.8 Å². The van der Waals surface area contributed by atoms with Crippen molar-refractivity contribution < 1.29 is 9.53 Å². The van der Waals surface area contributed by atoms with Crippen LogP contribution in [0.3, 0.4) is 0 Å². The van der Waals surface area contributed by atoms with Crippen molar-refractivity contribution in [3.05, 3.63) is 35.9 Å². The number of carbonyl (C=O) groups excluding carboxylic acids is 1.